The Morgan fingerprint density at radius 1 is 1.12 bits per heavy atom. The monoisotopic (exact) mass is 406 g/mol. The van der Waals surface area contributed by atoms with Crippen molar-refractivity contribution in [2.75, 3.05) is 0 Å². The van der Waals surface area contributed by atoms with Crippen LogP contribution in [0.15, 0.2) is 42.5 Å². The summed E-state index contributed by atoms with van der Waals surface area (Å²) in [5.41, 5.74) is 1.07. The van der Waals surface area contributed by atoms with Gasteiger partial charge in [0.15, 0.2) is 0 Å². The Balaban J connectivity index is 2.26. The summed E-state index contributed by atoms with van der Waals surface area (Å²) >= 11 is 5.68. The van der Waals surface area contributed by atoms with Crippen LogP contribution in [-0.4, -0.2) is 0 Å². The molecule has 2 aromatic carbocycles. The second-order valence-electron chi connectivity index (χ2n) is 3.44. The Morgan fingerprint density at radius 2 is 1.82 bits per heavy atom. The van der Waals surface area contributed by atoms with Crippen LogP contribution in [0.25, 0.3) is 0 Å². The summed E-state index contributed by atoms with van der Waals surface area (Å²) in [6.45, 7) is 0. The van der Waals surface area contributed by atoms with Crippen LogP contribution in [0.4, 0.5) is 4.39 Å². The number of halogens is 3. The van der Waals surface area contributed by atoms with Crippen molar-refractivity contribution in [3.05, 3.63) is 57.4 Å². The fraction of sp³-hybridized carbons (Fsp3) is 0.0769. The van der Waals surface area contributed by atoms with Crippen molar-refractivity contribution in [2.45, 2.75) is 5.33 Å². The number of benzene rings is 2. The number of hydrogen-bond acceptors (Lipinski definition) is 1. The van der Waals surface area contributed by atoms with Gasteiger partial charge in [-0.2, -0.15) is 0 Å². The lowest BCUT2D eigenvalue weighted by molar-refractivity contribution is 0.476. The van der Waals surface area contributed by atoms with Gasteiger partial charge in [0.1, 0.15) is 17.3 Å². The molecule has 2 rings (SSSR count). The third-order valence-corrected chi connectivity index (χ3v) is 3.48. The van der Waals surface area contributed by atoms with E-state index in [1.807, 2.05) is 18.2 Å². The molecule has 0 fully saturated rings. The van der Waals surface area contributed by atoms with E-state index in [0.29, 0.717) is 5.75 Å². The van der Waals surface area contributed by atoms with Gasteiger partial charge in [0.05, 0.1) is 0 Å². The Kier molecular flexibility index (Phi) is 4.39. The molecule has 0 radical (unpaired) electrons. The van der Waals surface area contributed by atoms with E-state index in [4.69, 9.17) is 4.74 Å². The van der Waals surface area contributed by atoms with Crippen molar-refractivity contribution in [2.24, 2.45) is 0 Å². The SMILES string of the molecule is Fc1ccc(Oc2ccc(I)cc2CBr)cc1. The molecular weight excluding hydrogens is 398 g/mol. The van der Waals surface area contributed by atoms with Gasteiger partial charge < -0.3 is 4.74 Å². The highest BCUT2D eigenvalue weighted by Crippen LogP contribution is 2.28. The van der Waals surface area contributed by atoms with Crippen molar-refractivity contribution in [3.63, 3.8) is 0 Å². The number of rotatable bonds is 3. The summed E-state index contributed by atoms with van der Waals surface area (Å²) in [7, 11) is 0. The van der Waals surface area contributed by atoms with E-state index >= 15 is 0 Å². The smallest absolute Gasteiger partial charge is 0.131 e. The molecule has 0 N–H and O–H groups in total. The molecule has 2 aromatic rings. The first kappa shape index (κ1) is 12.8. The van der Waals surface area contributed by atoms with Gasteiger partial charge in [-0.05, 0) is 65.1 Å². The molecular formula is C13H9BrFIO. The van der Waals surface area contributed by atoms with E-state index in [0.717, 1.165) is 20.2 Å². The zero-order valence-electron chi connectivity index (χ0n) is 8.79. The molecule has 0 atom stereocenters. The van der Waals surface area contributed by atoms with Crippen molar-refractivity contribution in [1.29, 1.82) is 0 Å². The quantitative estimate of drug-likeness (QED) is 0.508. The van der Waals surface area contributed by atoms with E-state index in [9.17, 15) is 4.39 Å². The lowest BCUT2D eigenvalue weighted by atomic mass is 10.2. The number of alkyl halides is 1. The standard InChI is InChI=1S/C13H9BrFIO/c14-8-9-7-11(16)3-6-13(9)17-12-4-1-10(15)2-5-12/h1-7H,8H2. The van der Waals surface area contributed by atoms with E-state index in [1.54, 1.807) is 12.1 Å². The van der Waals surface area contributed by atoms with Gasteiger partial charge in [0.25, 0.3) is 0 Å². The maximum absolute atomic E-state index is 12.8. The van der Waals surface area contributed by atoms with Crippen molar-refractivity contribution in [1.82, 2.24) is 0 Å². The van der Waals surface area contributed by atoms with Gasteiger partial charge in [0.2, 0.25) is 0 Å². The van der Waals surface area contributed by atoms with Crippen LogP contribution < -0.4 is 4.74 Å². The lowest BCUT2D eigenvalue weighted by Crippen LogP contribution is -1.90. The first-order valence-corrected chi connectivity index (χ1v) is 7.17. The van der Waals surface area contributed by atoms with Gasteiger partial charge in [0, 0.05) is 14.5 Å². The zero-order valence-corrected chi connectivity index (χ0v) is 12.5. The minimum Gasteiger partial charge on any atom is -0.457 e. The average Bonchev–Trinajstić information content (AvgIpc) is 2.34. The minimum absolute atomic E-state index is 0.263. The Labute approximate surface area is 121 Å². The van der Waals surface area contributed by atoms with E-state index < -0.39 is 0 Å². The molecule has 0 spiro atoms. The molecule has 0 amide bonds. The van der Waals surface area contributed by atoms with Gasteiger partial charge in [-0.1, -0.05) is 15.9 Å². The van der Waals surface area contributed by atoms with Crippen LogP contribution in [0.5, 0.6) is 11.5 Å². The van der Waals surface area contributed by atoms with Crippen LogP contribution in [0.2, 0.25) is 0 Å². The maximum atomic E-state index is 12.8. The van der Waals surface area contributed by atoms with Gasteiger partial charge in [-0.15, -0.1) is 0 Å². The van der Waals surface area contributed by atoms with Crippen molar-refractivity contribution in [3.8, 4) is 11.5 Å². The van der Waals surface area contributed by atoms with E-state index in [2.05, 4.69) is 38.5 Å². The molecule has 0 unspecified atom stereocenters. The fourth-order valence-electron chi connectivity index (χ4n) is 1.38. The summed E-state index contributed by atoms with van der Waals surface area (Å²) in [4.78, 5) is 0. The number of hydrogen-bond donors (Lipinski definition) is 0. The summed E-state index contributed by atoms with van der Waals surface area (Å²) in [6, 6.07) is 11.9. The van der Waals surface area contributed by atoms with Crippen LogP contribution >= 0.6 is 38.5 Å². The lowest BCUT2D eigenvalue weighted by Gasteiger charge is -2.09. The molecule has 1 nitrogen and oxygen atoms in total. The summed E-state index contributed by atoms with van der Waals surface area (Å²) in [5.74, 6) is 1.16. The van der Waals surface area contributed by atoms with Crippen LogP contribution in [0.1, 0.15) is 5.56 Å². The molecule has 0 saturated carbocycles. The summed E-state index contributed by atoms with van der Waals surface area (Å²) in [5, 5.41) is 0.723. The molecule has 0 aliphatic carbocycles. The molecule has 0 aliphatic heterocycles. The zero-order chi connectivity index (χ0) is 12.3. The third-order valence-electron chi connectivity index (χ3n) is 2.21. The third kappa shape index (κ3) is 3.42. The molecule has 0 aromatic heterocycles. The molecule has 0 saturated heterocycles. The molecule has 0 aliphatic rings. The van der Waals surface area contributed by atoms with E-state index in [1.165, 1.54) is 12.1 Å². The average molecular weight is 407 g/mol. The fourth-order valence-corrected chi connectivity index (χ4v) is 2.38. The highest BCUT2D eigenvalue weighted by molar-refractivity contribution is 14.1. The van der Waals surface area contributed by atoms with Gasteiger partial charge in [-0.3, -0.25) is 0 Å². The van der Waals surface area contributed by atoms with Gasteiger partial charge >= 0.3 is 0 Å². The Morgan fingerprint density at radius 3 is 2.47 bits per heavy atom. The first-order chi connectivity index (χ1) is 8.19. The largest absolute Gasteiger partial charge is 0.457 e. The minimum atomic E-state index is -0.263. The Bertz CT molecular complexity index is 513. The molecule has 4 heteroatoms. The molecule has 0 heterocycles. The second kappa shape index (κ2) is 5.82. The van der Waals surface area contributed by atoms with Crippen LogP contribution in [0.3, 0.4) is 0 Å². The van der Waals surface area contributed by atoms with Crippen molar-refractivity contribution < 1.29 is 9.13 Å². The second-order valence-corrected chi connectivity index (χ2v) is 5.25. The normalized spacial score (nSPS) is 10.3. The highest BCUT2D eigenvalue weighted by atomic mass is 127. The predicted molar refractivity (Wildman–Crippen MR) is 78.3 cm³/mol. The molecule has 88 valence electrons. The van der Waals surface area contributed by atoms with Crippen LogP contribution in [-0.2, 0) is 5.33 Å². The number of ether oxygens (including phenoxy) is 1. The Hall–Kier alpha value is -0.620. The summed E-state index contributed by atoms with van der Waals surface area (Å²) in [6.07, 6.45) is 0. The van der Waals surface area contributed by atoms with Gasteiger partial charge in [-0.25, -0.2) is 4.39 Å². The molecule has 17 heavy (non-hydrogen) atoms. The maximum Gasteiger partial charge on any atom is 0.131 e. The summed E-state index contributed by atoms with van der Waals surface area (Å²) < 4.78 is 19.6. The van der Waals surface area contributed by atoms with Crippen LogP contribution in [0, 0.1) is 9.39 Å². The predicted octanol–water partition coefficient (Wildman–Crippen LogP) is 5.12. The first-order valence-electron chi connectivity index (χ1n) is 4.97. The van der Waals surface area contributed by atoms with Crippen molar-refractivity contribution >= 4 is 38.5 Å². The van der Waals surface area contributed by atoms with E-state index in [-0.39, 0.29) is 5.82 Å². The highest BCUT2D eigenvalue weighted by Gasteiger charge is 2.05. The molecule has 0 bridgehead atoms. The topological polar surface area (TPSA) is 9.23 Å².